The number of carboxylic acid groups (broad SMARTS) is 1. The van der Waals surface area contributed by atoms with Crippen molar-refractivity contribution in [3.8, 4) is 0 Å². The molecule has 16 heavy (non-hydrogen) atoms. The molecule has 0 bridgehead atoms. The summed E-state index contributed by atoms with van der Waals surface area (Å²) in [6.45, 7) is 1.80. The Kier molecular flexibility index (Phi) is 5.20. The maximum Gasteiger partial charge on any atom is 0.303 e. The molecule has 1 rings (SSSR count). The van der Waals surface area contributed by atoms with E-state index in [0.717, 1.165) is 2.88 Å². The maximum absolute atomic E-state index is 11.7. The van der Waals surface area contributed by atoms with Gasteiger partial charge in [-0.1, -0.05) is 0 Å². The van der Waals surface area contributed by atoms with Crippen LogP contribution in [-0.2, 0) is 4.79 Å². The Bertz CT molecular complexity index is 391. The largest absolute Gasteiger partial charge is 0.481 e. The Hall–Kier alpha value is -0.630. The quantitative estimate of drug-likeness (QED) is 0.799. The summed E-state index contributed by atoms with van der Waals surface area (Å²) < 4.78 is 1.06. The number of nitrogens with one attached hydrogen (secondary N) is 1. The molecular weight excluding hydrogens is 341 g/mol. The van der Waals surface area contributed by atoms with Gasteiger partial charge in [0.15, 0.2) is 0 Å². The van der Waals surface area contributed by atoms with Gasteiger partial charge in [0.05, 0.1) is 8.45 Å². The molecule has 0 aromatic carbocycles. The first-order chi connectivity index (χ1) is 7.49. The summed E-state index contributed by atoms with van der Waals surface area (Å²) in [7, 11) is 0. The van der Waals surface area contributed by atoms with Crippen LogP contribution in [0.4, 0.5) is 0 Å². The lowest BCUT2D eigenvalue weighted by atomic mass is 10.2. The SMILES string of the molecule is CC(CCC(=O)O)NC(=O)c1csc(I)c1. The second kappa shape index (κ2) is 6.19. The fourth-order valence-electron chi connectivity index (χ4n) is 1.15. The molecule has 4 nitrogen and oxygen atoms in total. The van der Waals surface area contributed by atoms with Crippen LogP contribution in [0.2, 0.25) is 0 Å². The van der Waals surface area contributed by atoms with Gasteiger partial charge in [0, 0.05) is 17.8 Å². The molecular formula is C10H12INO3S. The predicted molar refractivity (Wildman–Crippen MR) is 70.8 cm³/mol. The van der Waals surface area contributed by atoms with E-state index in [1.54, 1.807) is 12.3 Å². The van der Waals surface area contributed by atoms with Crippen LogP contribution in [0.5, 0.6) is 0 Å². The van der Waals surface area contributed by atoms with Crippen molar-refractivity contribution in [2.45, 2.75) is 25.8 Å². The molecule has 1 atom stereocenters. The van der Waals surface area contributed by atoms with E-state index in [0.29, 0.717) is 12.0 Å². The van der Waals surface area contributed by atoms with Crippen molar-refractivity contribution < 1.29 is 14.7 Å². The molecule has 0 spiro atoms. The van der Waals surface area contributed by atoms with Crippen molar-refractivity contribution >= 4 is 45.8 Å². The van der Waals surface area contributed by atoms with Crippen molar-refractivity contribution in [3.63, 3.8) is 0 Å². The molecule has 0 radical (unpaired) electrons. The highest BCUT2D eigenvalue weighted by molar-refractivity contribution is 14.1. The zero-order valence-corrected chi connectivity index (χ0v) is 11.7. The molecule has 1 unspecified atom stereocenters. The molecule has 2 N–H and O–H groups in total. The summed E-state index contributed by atoms with van der Waals surface area (Å²) in [6.07, 6.45) is 0.519. The molecule has 6 heteroatoms. The molecule has 0 aliphatic rings. The average Bonchev–Trinajstić information content (AvgIpc) is 2.62. The molecule has 1 amide bonds. The van der Waals surface area contributed by atoms with E-state index >= 15 is 0 Å². The van der Waals surface area contributed by atoms with Gasteiger partial charge in [-0.25, -0.2) is 0 Å². The van der Waals surface area contributed by atoms with Gasteiger partial charge in [0.1, 0.15) is 0 Å². The van der Waals surface area contributed by atoms with Crippen LogP contribution in [0, 0.1) is 2.88 Å². The number of hydrogen-bond acceptors (Lipinski definition) is 3. The minimum absolute atomic E-state index is 0.0720. The summed E-state index contributed by atoms with van der Waals surface area (Å²) in [6, 6.07) is 1.69. The van der Waals surface area contributed by atoms with Gasteiger partial charge < -0.3 is 10.4 Å². The Morgan fingerprint density at radius 2 is 2.31 bits per heavy atom. The molecule has 0 fully saturated rings. The first kappa shape index (κ1) is 13.4. The van der Waals surface area contributed by atoms with Crippen molar-refractivity contribution in [3.05, 3.63) is 19.9 Å². The Morgan fingerprint density at radius 3 is 2.81 bits per heavy atom. The molecule has 1 aromatic heterocycles. The smallest absolute Gasteiger partial charge is 0.303 e. The number of carbonyl (C=O) groups excluding carboxylic acids is 1. The van der Waals surface area contributed by atoms with Gasteiger partial charge in [-0.15, -0.1) is 11.3 Å². The van der Waals surface area contributed by atoms with Crippen molar-refractivity contribution in [2.75, 3.05) is 0 Å². The van der Waals surface area contributed by atoms with Crippen molar-refractivity contribution in [2.24, 2.45) is 0 Å². The minimum Gasteiger partial charge on any atom is -0.481 e. The van der Waals surface area contributed by atoms with Gasteiger partial charge in [-0.05, 0) is 42.0 Å². The summed E-state index contributed by atoms with van der Waals surface area (Å²) in [4.78, 5) is 22.0. The summed E-state index contributed by atoms with van der Waals surface area (Å²) in [5, 5.41) is 13.1. The lowest BCUT2D eigenvalue weighted by Crippen LogP contribution is -2.32. The average molecular weight is 353 g/mol. The lowest BCUT2D eigenvalue weighted by Gasteiger charge is -2.11. The Labute approximate surface area is 111 Å². The van der Waals surface area contributed by atoms with Crippen molar-refractivity contribution in [1.29, 1.82) is 0 Å². The fourth-order valence-corrected chi connectivity index (χ4v) is 2.47. The van der Waals surface area contributed by atoms with Gasteiger partial charge in [-0.2, -0.15) is 0 Å². The molecule has 1 aromatic rings. The number of carboxylic acids is 1. The van der Waals surface area contributed by atoms with Crippen LogP contribution in [0.1, 0.15) is 30.1 Å². The zero-order valence-electron chi connectivity index (χ0n) is 8.70. The van der Waals surface area contributed by atoms with Crippen molar-refractivity contribution in [1.82, 2.24) is 5.32 Å². The van der Waals surface area contributed by atoms with E-state index in [9.17, 15) is 9.59 Å². The second-order valence-electron chi connectivity index (χ2n) is 3.45. The van der Waals surface area contributed by atoms with Gasteiger partial charge in [0.25, 0.3) is 5.91 Å². The minimum atomic E-state index is -0.841. The molecule has 0 aliphatic heterocycles. The van der Waals surface area contributed by atoms with Crippen LogP contribution < -0.4 is 5.32 Å². The fraction of sp³-hybridized carbons (Fsp3) is 0.400. The van der Waals surface area contributed by atoms with E-state index < -0.39 is 5.97 Å². The van der Waals surface area contributed by atoms with Gasteiger partial charge in [-0.3, -0.25) is 9.59 Å². The Balaban J connectivity index is 2.42. The highest BCUT2D eigenvalue weighted by Crippen LogP contribution is 2.16. The van der Waals surface area contributed by atoms with Crippen LogP contribution in [-0.4, -0.2) is 23.0 Å². The third kappa shape index (κ3) is 4.48. The molecule has 88 valence electrons. The first-order valence-electron chi connectivity index (χ1n) is 4.75. The second-order valence-corrected chi connectivity index (χ2v) is 6.25. The van der Waals surface area contributed by atoms with E-state index in [1.807, 2.05) is 6.07 Å². The number of aliphatic carboxylic acids is 1. The highest BCUT2D eigenvalue weighted by atomic mass is 127. The number of amides is 1. The number of thiophene rings is 1. The lowest BCUT2D eigenvalue weighted by molar-refractivity contribution is -0.137. The third-order valence-electron chi connectivity index (χ3n) is 2.00. The monoisotopic (exact) mass is 353 g/mol. The molecule has 0 aliphatic carbocycles. The highest BCUT2D eigenvalue weighted by Gasteiger charge is 2.12. The summed E-state index contributed by atoms with van der Waals surface area (Å²) >= 11 is 3.66. The van der Waals surface area contributed by atoms with E-state index in [4.69, 9.17) is 5.11 Å². The number of carbonyl (C=O) groups is 2. The van der Waals surface area contributed by atoms with E-state index in [1.165, 1.54) is 11.3 Å². The standard InChI is InChI=1S/C10H12INO3S/c1-6(2-3-9(13)14)12-10(15)7-4-8(11)16-5-7/h4-6H,2-3H2,1H3,(H,12,15)(H,13,14). The number of halogens is 1. The number of rotatable bonds is 5. The van der Waals surface area contributed by atoms with Crippen LogP contribution >= 0.6 is 33.9 Å². The number of hydrogen-bond donors (Lipinski definition) is 2. The molecule has 0 saturated heterocycles. The van der Waals surface area contributed by atoms with Gasteiger partial charge in [0.2, 0.25) is 0 Å². The molecule has 0 saturated carbocycles. The summed E-state index contributed by atoms with van der Waals surface area (Å²) in [5.41, 5.74) is 0.636. The van der Waals surface area contributed by atoms with E-state index in [-0.39, 0.29) is 18.4 Å². The Morgan fingerprint density at radius 1 is 1.62 bits per heavy atom. The van der Waals surface area contributed by atoms with Crippen LogP contribution in [0.15, 0.2) is 11.4 Å². The third-order valence-corrected chi connectivity index (χ3v) is 3.79. The first-order valence-corrected chi connectivity index (χ1v) is 6.71. The topological polar surface area (TPSA) is 66.4 Å². The summed E-state index contributed by atoms with van der Waals surface area (Å²) in [5.74, 6) is -0.983. The van der Waals surface area contributed by atoms with Crippen LogP contribution in [0.25, 0.3) is 0 Å². The van der Waals surface area contributed by atoms with Crippen LogP contribution in [0.3, 0.4) is 0 Å². The zero-order chi connectivity index (χ0) is 12.1. The predicted octanol–water partition coefficient (Wildman–Crippen LogP) is 2.34. The van der Waals surface area contributed by atoms with Gasteiger partial charge >= 0.3 is 5.97 Å². The van der Waals surface area contributed by atoms with E-state index in [2.05, 4.69) is 27.9 Å². The maximum atomic E-state index is 11.7. The normalized spacial score (nSPS) is 12.1. The molecule has 1 heterocycles.